The molecule has 4 aliphatic rings. The molecule has 4 aliphatic heterocycles. The Bertz CT molecular complexity index is 1040. The monoisotopic (exact) mass is 497 g/mol. The Morgan fingerprint density at radius 2 is 1.91 bits per heavy atom. The van der Waals surface area contributed by atoms with Crippen LogP contribution in [0.25, 0.3) is 0 Å². The van der Waals surface area contributed by atoms with Crippen LogP contribution in [0.1, 0.15) is 33.1 Å². The Balaban J connectivity index is 1.61. The number of fused-ring (bicyclic) bond motifs is 1. The Morgan fingerprint density at radius 1 is 1.24 bits per heavy atom. The SMILES string of the molecule is C=C(C)C1=CN2C(=CCC(C)C(C(=O)N3CCC(N4CCOC4=O)CC3)=C2Cl)C(C(F)(F)F)=C1. The topological polar surface area (TPSA) is 53.1 Å². The molecule has 0 bridgehead atoms. The van der Waals surface area contributed by atoms with Gasteiger partial charge in [-0.2, -0.15) is 13.2 Å². The summed E-state index contributed by atoms with van der Waals surface area (Å²) in [6, 6.07) is 0.00552. The molecule has 1 atom stereocenters. The molecule has 0 spiro atoms. The minimum absolute atomic E-state index is 0.00552. The van der Waals surface area contributed by atoms with E-state index < -0.39 is 11.7 Å². The Kier molecular flexibility index (Phi) is 6.59. The second-order valence-electron chi connectivity index (χ2n) is 9.05. The number of halogens is 4. The highest BCUT2D eigenvalue weighted by molar-refractivity contribution is 6.32. The third-order valence-corrected chi connectivity index (χ3v) is 7.09. The molecule has 10 heteroatoms. The van der Waals surface area contributed by atoms with Gasteiger partial charge in [0.15, 0.2) is 0 Å². The predicted octanol–water partition coefficient (Wildman–Crippen LogP) is 5.07. The number of hydrogen-bond acceptors (Lipinski definition) is 4. The van der Waals surface area contributed by atoms with Gasteiger partial charge in [-0.3, -0.25) is 4.79 Å². The van der Waals surface area contributed by atoms with Crippen LogP contribution in [0.5, 0.6) is 0 Å². The first-order chi connectivity index (χ1) is 16.0. The summed E-state index contributed by atoms with van der Waals surface area (Å²) in [5.41, 5.74) is 0.140. The summed E-state index contributed by atoms with van der Waals surface area (Å²) in [6.45, 7) is 8.95. The molecule has 1 unspecified atom stereocenters. The summed E-state index contributed by atoms with van der Waals surface area (Å²) in [5.74, 6) is -0.663. The van der Waals surface area contributed by atoms with Crippen LogP contribution < -0.4 is 0 Å². The van der Waals surface area contributed by atoms with Crippen LogP contribution in [0.3, 0.4) is 0 Å². The number of ether oxygens (including phenoxy) is 1. The van der Waals surface area contributed by atoms with Crippen molar-refractivity contribution in [2.75, 3.05) is 26.2 Å². The summed E-state index contributed by atoms with van der Waals surface area (Å²) >= 11 is 6.69. The van der Waals surface area contributed by atoms with Crippen LogP contribution in [0.15, 0.2) is 58.1 Å². The van der Waals surface area contributed by atoms with Crippen molar-refractivity contribution in [3.8, 4) is 0 Å². The zero-order chi connectivity index (χ0) is 24.8. The van der Waals surface area contributed by atoms with Gasteiger partial charge in [-0.25, -0.2) is 4.79 Å². The van der Waals surface area contributed by atoms with Crippen molar-refractivity contribution in [1.29, 1.82) is 0 Å². The lowest BCUT2D eigenvalue weighted by atomic mass is 9.95. The van der Waals surface area contributed by atoms with Crippen LogP contribution in [-0.4, -0.2) is 65.2 Å². The summed E-state index contributed by atoms with van der Waals surface area (Å²) in [5, 5.41) is -0.0277. The van der Waals surface area contributed by atoms with Gasteiger partial charge in [-0.1, -0.05) is 31.2 Å². The summed E-state index contributed by atoms with van der Waals surface area (Å²) in [4.78, 5) is 30.0. The lowest BCUT2D eigenvalue weighted by Gasteiger charge is -2.37. The molecule has 2 amide bonds. The zero-order valence-corrected chi connectivity index (χ0v) is 19.9. The fraction of sp³-hybridized carbons (Fsp3) is 0.500. The fourth-order valence-corrected chi connectivity index (χ4v) is 5.17. The molecule has 0 N–H and O–H groups in total. The Hall–Kier alpha value is -2.68. The van der Waals surface area contributed by atoms with E-state index >= 15 is 0 Å². The normalized spacial score (nSPS) is 24.3. The van der Waals surface area contributed by atoms with Gasteiger partial charge in [-0.15, -0.1) is 0 Å². The van der Waals surface area contributed by atoms with Gasteiger partial charge in [0.2, 0.25) is 0 Å². The highest BCUT2D eigenvalue weighted by Crippen LogP contribution is 2.44. The molecule has 6 nitrogen and oxygen atoms in total. The number of likely N-dealkylation sites (tertiary alicyclic amines) is 1. The van der Waals surface area contributed by atoms with E-state index in [2.05, 4.69) is 6.58 Å². The lowest BCUT2D eigenvalue weighted by Crippen LogP contribution is -2.48. The predicted molar refractivity (Wildman–Crippen MR) is 121 cm³/mol. The standard InChI is InChI=1S/C24H27ClF3N3O3/c1-14(2)16-12-18(24(26,27)28)19-5-4-15(3)20(21(25)31(19)13-16)22(32)29-8-6-17(7-9-29)30-10-11-34-23(30)33/h5,12-13,15,17H,1,4,6-11H2,2-3H3. The highest BCUT2D eigenvalue weighted by atomic mass is 35.5. The quantitative estimate of drug-likeness (QED) is 0.511. The molecule has 0 aliphatic carbocycles. The van der Waals surface area contributed by atoms with Gasteiger partial charge in [0.1, 0.15) is 11.8 Å². The minimum Gasteiger partial charge on any atom is -0.448 e. The van der Waals surface area contributed by atoms with Crippen LogP contribution >= 0.6 is 11.6 Å². The first-order valence-corrected chi connectivity index (χ1v) is 11.7. The van der Waals surface area contributed by atoms with Gasteiger partial charge < -0.3 is 19.4 Å². The molecule has 0 radical (unpaired) electrons. The number of alkyl halides is 3. The van der Waals surface area contributed by atoms with Crippen molar-refractivity contribution in [3.05, 3.63) is 58.1 Å². The van der Waals surface area contributed by atoms with Gasteiger partial charge >= 0.3 is 12.3 Å². The highest BCUT2D eigenvalue weighted by Gasteiger charge is 2.42. The molecule has 0 saturated carbocycles. The average Bonchev–Trinajstić information content (AvgIpc) is 3.17. The van der Waals surface area contributed by atoms with Gasteiger partial charge in [0.25, 0.3) is 5.91 Å². The molecule has 4 heterocycles. The smallest absolute Gasteiger partial charge is 0.418 e. The number of amides is 2. The number of allylic oxidation sites excluding steroid dienone is 5. The number of hydrogen-bond donors (Lipinski definition) is 0. The first-order valence-electron chi connectivity index (χ1n) is 11.3. The number of piperidine rings is 1. The molecule has 2 saturated heterocycles. The molecule has 184 valence electrons. The van der Waals surface area contributed by atoms with E-state index in [0.717, 1.165) is 6.08 Å². The third kappa shape index (κ3) is 4.50. The number of carbonyl (C=O) groups is 2. The maximum absolute atomic E-state index is 13.9. The van der Waals surface area contributed by atoms with Gasteiger partial charge in [0, 0.05) is 25.3 Å². The largest absolute Gasteiger partial charge is 0.448 e. The molecule has 4 rings (SSSR count). The molecular formula is C24H27ClF3N3O3. The second kappa shape index (κ2) is 9.17. The maximum Gasteiger partial charge on any atom is 0.418 e. The zero-order valence-electron chi connectivity index (χ0n) is 19.1. The van der Waals surface area contributed by atoms with Crippen molar-refractivity contribution in [3.63, 3.8) is 0 Å². The molecule has 2 fully saturated rings. The lowest BCUT2D eigenvalue weighted by molar-refractivity contribution is -0.129. The van der Waals surface area contributed by atoms with E-state index in [0.29, 0.717) is 50.2 Å². The summed E-state index contributed by atoms with van der Waals surface area (Å²) < 4.78 is 46.7. The van der Waals surface area contributed by atoms with E-state index in [4.69, 9.17) is 16.3 Å². The molecular weight excluding hydrogens is 471 g/mol. The summed E-state index contributed by atoms with van der Waals surface area (Å²) in [6.07, 6.45) is 0.592. The van der Waals surface area contributed by atoms with Crippen LogP contribution in [0.2, 0.25) is 0 Å². The van der Waals surface area contributed by atoms with Crippen molar-refractivity contribution in [1.82, 2.24) is 14.7 Å². The van der Waals surface area contributed by atoms with Crippen molar-refractivity contribution >= 4 is 23.6 Å². The minimum atomic E-state index is -4.59. The van der Waals surface area contributed by atoms with Crippen molar-refractivity contribution in [2.24, 2.45) is 5.92 Å². The second-order valence-corrected chi connectivity index (χ2v) is 9.41. The maximum atomic E-state index is 13.9. The van der Waals surface area contributed by atoms with E-state index in [1.165, 1.54) is 17.2 Å². The molecule has 0 aromatic carbocycles. The van der Waals surface area contributed by atoms with E-state index in [9.17, 15) is 22.8 Å². The summed E-state index contributed by atoms with van der Waals surface area (Å²) in [7, 11) is 0. The van der Waals surface area contributed by atoms with Gasteiger partial charge in [0.05, 0.1) is 23.4 Å². The first kappa shape index (κ1) is 24.4. The number of rotatable bonds is 3. The molecule has 0 aromatic rings. The number of nitrogens with zero attached hydrogens (tertiary/aromatic N) is 3. The fourth-order valence-electron chi connectivity index (χ4n) is 4.76. The van der Waals surface area contributed by atoms with Crippen molar-refractivity contribution in [2.45, 2.75) is 45.3 Å². The average molecular weight is 498 g/mol. The van der Waals surface area contributed by atoms with E-state index in [1.54, 1.807) is 23.6 Å². The molecule has 34 heavy (non-hydrogen) atoms. The molecule has 0 aromatic heterocycles. The van der Waals surface area contributed by atoms with E-state index in [-0.39, 0.29) is 46.8 Å². The number of cyclic esters (lactones) is 1. The van der Waals surface area contributed by atoms with E-state index in [1.807, 2.05) is 0 Å². The van der Waals surface area contributed by atoms with Crippen LogP contribution in [0.4, 0.5) is 18.0 Å². The Morgan fingerprint density at radius 3 is 2.47 bits per heavy atom. The Labute approximate surface area is 201 Å². The van der Waals surface area contributed by atoms with Gasteiger partial charge in [-0.05, 0) is 49.3 Å². The van der Waals surface area contributed by atoms with Crippen LogP contribution in [0, 0.1) is 5.92 Å². The van der Waals surface area contributed by atoms with Crippen LogP contribution in [-0.2, 0) is 9.53 Å². The third-order valence-electron chi connectivity index (χ3n) is 6.71. The van der Waals surface area contributed by atoms with Crippen molar-refractivity contribution < 1.29 is 27.5 Å². The number of carbonyl (C=O) groups excluding carboxylic acids is 2.